The molecule has 35 heavy (non-hydrogen) atoms. The number of likely N-dealkylation sites (tertiary alicyclic amines) is 1. The van der Waals surface area contributed by atoms with Crippen LogP contribution in [0.25, 0.3) is 16.7 Å². The molecule has 0 saturated carbocycles. The number of aliphatic hydroxyl groups is 1. The molecule has 7 heteroatoms. The molecule has 176 valence electrons. The lowest BCUT2D eigenvalue weighted by atomic mass is 9.94. The number of amides is 1. The molecule has 1 atom stereocenters. The zero-order valence-corrected chi connectivity index (χ0v) is 20.5. The Hall–Kier alpha value is -3.71. The molecule has 1 amide bonds. The van der Waals surface area contributed by atoms with Gasteiger partial charge < -0.3 is 15.0 Å². The molecule has 1 aliphatic heterocycles. The maximum atomic E-state index is 13.3. The minimum Gasteiger partial charge on any atom is -0.507 e. The topological polar surface area (TPSA) is 73.4 Å². The molecule has 3 aromatic carbocycles. The molecule has 5 rings (SSSR count). The number of hydrogen-bond donors (Lipinski definition) is 2. The molecule has 2 N–H and O–H groups in total. The Morgan fingerprint density at radius 2 is 1.83 bits per heavy atom. The number of nitrogens with zero attached hydrogens (tertiary/aromatic N) is 1. The van der Waals surface area contributed by atoms with E-state index in [9.17, 15) is 19.1 Å². The van der Waals surface area contributed by atoms with E-state index in [1.54, 1.807) is 36.5 Å². The molecule has 1 saturated heterocycles. The van der Waals surface area contributed by atoms with Crippen LogP contribution in [0.15, 0.2) is 83.0 Å². The number of benzene rings is 3. The van der Waals surface area contributed by atoms with Crippen LogP contribution in [0.3, 0.4) is 0 Å². The first kappa shape index (κ1) is 23.1. The van der Waals surface area contributed by atoms with Gasteiger partial charge in [0.05, 0.1) is 11.6 Å². The molecule has 5 nitrogen and oxygen atoms in total. The molecule has 1 unspecified atom stereocenters. The molecular formula is C28H22BrFN2O3. The number of carbonyl (C=O) groups excluding carboxylic acids is 2. The summed E-state index contributed by atoms with van der Waals surface area (Å²) in [6, 6.07) is 18.2. The van der Waals surface area contributed by atoms with Crippen LogP contribution in [0.4, 0.5) is 4.39 Å². The summed E-state index contributed by atoms with van der Waals surface area (Å²) >= 11 is 3.46. The molecule has 1 aromatic heterocycles. The van der Waals surface area contributed by atoms with Crippen molar-refractivity contribution < 1.29 is 19.1 Å². The van der Waals surface area contributed by atoms with Crippen molar-refractivity contribution in [2.45, 2.75) is 19.4 Å². The van der Waals surface area contributed by atoms with Gasteiger partial charge in [-0.1, -0.05) is 52.3 Å². The summed E-state index contributed by atoms with van der Waals surface area (Å²) in [6.45, 7) is 2.12. The van der Waals surface area contributed by atoms with Crippen LogP contribution >= 0.6 is 15.9 Å². The van der Waals surface area contributed by atoms with Crippen LogP contribution in [0, 0.1) is 12.7 Å². The number of Topliss-reactive ketones (excluding diaryl/α,β-unsaturated/α-hetero) is 1. The standard InChI is InChI=1S/C28H22BrFN2O3/c1-16-14-18(8-11-22(16)29)26(33)24-25(21-15-31-23-5-3-2-4-20(21)23)32(28(35)27(24)34)13-12-17-6-9-19(30)10-7-17/h2-11,14-15,25,31,33H,12-13H2,1H3/b26-24+. The fourth-order valence-electron chi connectivity index (χ4n) is 4.60. The van der Waals surface area contributed by atoms with E-state index in [0.717, 1.165) is 32.1 Å². The van der Waals surface area contributed by atoms with Gasteiger partial charge >= 0.3 is 0 Å². The summed E-state index contributed by atoms with van der Waals surface area (Å²) < 4.78 is 14.2. The number of ketones is 1. The van der Waals surface area contributed by atoms with Crippen LogP contribution < -0.4 is 0 Å². The normalized spacial score (nSPS) is 17.5. The number of rotatable bonds is 5. The van der Waals surface area contributed by atoms with Gasteiger partial charge in [0.25, 0.3) is 11.7 Å². The minimum atomic E-state index is -0.768. The highest BCUT2D eigenvalue weighted by atomic mass is 79.9. The van der Waals surface area contributed by atoms with Gasteiger partial charge in [-0.15, -0.1) is 0 Å². The molecule has 2 heterocycles. The first-order chi connectivity index (χ1) is 16.8. The van der Waals surface area contributed by atoms with E-state index in [1.165, 1.54) is 17.0 Å². The molecule has 1 fully saturated rings. The second-order valence-electron chi connectivity index (χ2n) is 8.62. The number of aromatic nitrogens is 1. The fraction of sp³-hybridized carbons (Fsp3) is 0.143. The van der Waals surface area contributed by atoms with E-state index in [1.807, 2.05) is 31.2 Å². The van der Waals surface area contributed by atoms with Crippen molar-refractivity contribution in [1.29, 1.82) is 0 Å². The summed E-state index contributed by atoms with van der Waals surface area (Å²) in [6.07, 6.45) is 2.22. The van der Waals surface area contributed by atoms with Crippen molar-refractivity contribution in [3.05, 3.63) is 111 Å². The summed E-state index contributed by atoms with van der Waals surface area (Å²) in [4.78, 5) is 31.3. The molecular weight excluding hydrogens is 511 g/mol. The second kappa shape index (κ2) is 9.15. The highest BCUT2D eigenvalue weighted by molar-refractivity contribution is 9.10. The Labute approximate surface area is 210 Å². The Morgan fingerprint density at radius 1 is 1.09 bits per heavy atom. The van der Waals surface area contributed by atoms with E-state index in [4.69, 9.17) is 0 Å². The van der Waals surface area contributed by atoms with Crippen molar-refractivity contribution in [2.24, 2.45) is 0 Å². The van der Waals surface area contributed by atoms with Crippen LogP contribution in [0.5, 0.6) is 0 Å². The van der Waals surface area contributed by atoms with Gasteiger partial charge in [-0.05, 0) is 54.8 Å². The van der Waals surface area contributed by atoms with Crippen LogP contribution in [-0.2, 0) is 16.0 Å². The number of carbonyl (C=O) groups is 2. The smallest absolute Gasteiger partial charge is 0.295 e. The number of nitrogens with one attached hydrogen (secondary N) is 1. The first-order valence-electron chi connectivity index (χ1n) is 11.2. The van der Waals surface area contributed by atoms with Gasteiger partial charge in [0, 0.05) is 39.2 Å². The zero-order valence-electron chi connectivity index (χ0n) is 18.9. The largest absolute Gasteiger partial charge is 0.507 e. The third-order valence-electron chi connectivity index (χ3n) is 6.44. The van der Waals surface area contributed by atoms with Crippen LogP contribution in [0.2, 0.25) is 0 Å². The lowest BCUT2D eigenvalue weighted by molar-refractivity contribution is -0.139. The maximum absolute atomic E-state index is 13.3. The summed E-state index contributed by atoms with van der Waals surface area (Å²) in [5, 5.41) is 12.2. The van der Waals surface area contributed by atoms with Crippen LogP contribution in [0.1, 0.15) is 28.3 Å². The maximum Gasteiger partial charge on any atom is 0.295 e. The van der Waals surface area contributed by atoms with E-state index >= 15 is 0 Å². The van der Waals surface area contributed by atoms with Gasteiger partial charge in [-0.3, -0.25) is 9.59 Å². The number of halogens is 2. The van der Waals surface area contributed by atoms with Crippen molar-refractivity contribution in [2.75, 3.05) is 6.54 Å². The van der Waals surface area contributed by atoms with Crippen molar-refractivity contribution in [1.82, 2.24) is 9.88 Å². The van der Waals surface area contributed by atoms with Crippen molar-refractivity contribution >= 4 is 44.3 Å². The Bertz CT molecular complexity index is 1490. The molecule has 1 aliphatic rings. The van der Waals surface area contributed by atoms with Crippen molar-refractivity contribution in [3.63, 3.8) is 0 Å². The van der Waals surface area contributed by atoms with Gasteiger partial charge in [-0.25, -0.2) is 4.39 Å². The highest BCUT2D eigenvalue weighted by Crippen LogP contribution is 2.42. The number of aromatic amines is 1. The number of aryl methyl sites for hydroxylation is 1. The van der Waals surface area contributed by atoms with Gasteiger partial charge in [-0.2, -0.15) is 0 Å². The van der Waals surface area contributed by atoms with E-state index in [-0.39, 0.29) is 23.7 Å². The quantitative estimate of drug-likeness (QED) is 0.187. The summed E-state index contributed by atoms with van der Waals surface area (Å²) in [7, 11) is 0. The van der Waals surface area contributed by atoms with Crippen molar-refractivity contribution in [3.8, 4) is 0 Å². The lowest BCUT2D eigenvalue weighted by Gasteiger charge is -2.25. The first-order valence-corrected chi connectivity index (χ1v) is 12.0. The predicted octanol–water partition coefficient (Wildman–Crippen LogP) is 6.04. The fourth-order valence-corrected chi connectivity index (χ4v) is 4.85. The predicted molar refractivity (Wildman–Crippen MR) is 136 cm³/mol. The summed E-state index contributed by atoms with van der Waals surface area (Å²) in [5.74, 6) is -1.94. The van der Waals surface area contributed by atoms with E-state index < -0.39 is 17.7 Å². The highest BCUT2D eigenvalue weighted by Gasteiger charge is 2.46. The van der Waals surface area contributed by atoms with Gasteiger partial charge in [0.2, 0.25) is 0 Å². The van der Waals surface area contributed by atoms with Gasteiger partial charge in [0.15, 0.2) is 0 Å². The Balaban J connectivity index is 1.63. The molecule has 0 bridgehead atoms. The molecule has 0 radical (unpaired) electrons. The number of aliphatic hydroxyl groups excluding tert-OH is 1. The third-order valence-corrected chi connectivity index (χ3v) is 7.33. The SMILES string of the molecule is Cc1cc(/C(O)=C2\C(=O)C(=O)N(CCc3ccc(F)cc3)C2c2c[nH]c3ccccc23)ccc1Br. The average Bonchev–Trinajstić information content (AvgIpc) is 3.39. The van der Waals surface area contributed by atoms with E-state index in [0.29, 0.717) is 12.0 Å². The third kappa shape index (κ3) is 4.17. The Morgan fingerprint density at radius 3 is 2.57 bits per heavy atom. The molecule has 0 aliphatic carbocycles. The van der Waals surface area contributed by atoms with Gasteiger partial charge in [0.1, 0.15) is 11.6 Å². The monoisotopic (exact) mass is 532 g/mol. The summed E-state index contributed by atoms with van der Waals surface area (Å²) in [5.41, 5.74) is 3.85. The second-order valence-corrected chi connectivity index (χ2v) is 9.48. The minimum absolute atomic E-state index is 0.0561. The molecule has 4 aromatic rings. The number of para-hydroxylation sites is 1. The number of hydrogen-bond acceptors (Lipinski definition) is 3. The van der Waals surface area contributed by atoms with Crippen LogP contribution in [-0.4, -0.2) is 33.2 Å². The lowest BCUT2D eigenvalue weighted by Crippen LogP contribution is -2.31. The number of fused-ring (bicyclic) bond motifs is 1. The van der Waals surface area contributed by atoms with E-state index in [2.05, 4.69) is 20.9 Å². The average molecular weight is 533 g/mol. The number of H-pyrrole nitrogens is 1. The Kier molecular flexibility index (Phi) is 6.03. The zero-order chi connectivity index (χ0) is 24.7. The molecule has 0 spiro atoms.